The van der Waals surface area contributed by atoms with Crippen LogP contribution in [-0.2, 0) is 4.74 Å². The third-order valence-electron chi connectivity index (χ3n) is 3.96. The van der Waals surface area contributed by atoms with Gasteiger partial charge in [-0.15, -0.1) is 11.3 Å². The average molecular weight is 317 g/mol. The lowest BCUT2D eigenvalue weighted by atomic mass is 9.94. The molecule has 2 aromatic rings. The highest BCUT2D eigenvalue weighted by Crippen LogP contribution is 2.28. The summed E-state index contributed by atoms with van der Waals surface area (Å²) in [5.41, 5.74) is 1.11. The molecular formula is C17H19NO3S. The first-order chi connectivity index (χ1) is 10.7. The first kappa shape index (κ1) is 15.2. The summed E-state index contributed by atoms with van der Waals surface area (Å²) in [4.78, 5) is 13.1. The number of rotatable bonds is 4. The highest BCUT2D eigenvalue weighted by atomic mass is 32.1. The van der Waals surface area contributed by atoms with E-state index in [1.165, 1.54) is 11.3 Å². The average Bonchev–Trinajstić information content (AvgIpc) is 3.04. The van der Waals surface area contributed by atoms with Gasteiger partial charge in [0.05, 0.1) is 10.5 Å². The summed E-state index contributed by atoms with van der Waals surface area (Å²) < 4.78 is 5.25. The molecule has 1 aromatic carbocycles. The van der Waals surface area contributed by atoms with Gasteiger partial charge in [-0.2, -0.15) is 0 Å². The summed E-state index contributed by atoms with van der Waals surface area (Å²) >= 11 is 1.42. The minimum Gasteiger partial charge on any atom is -0.388 e. The molecule has 116 valence electrons. The van der Waals surface area contributed by atoms with E-state index in [0.717, 1.165) is 11.1 Å². The zero-order chi connectivity index (χ0) is 15.4. The molecule has 0 atom stereocenters. The van der Waals surface area contributed by atoms with Gasteiger partial charge >= 0.3 is 0 Å². The smallest absolute Gasteiger partial charge is 0.262 e. The van der Waals surface area contributed by atoms with E-state index in [1.807, 2.05) is 41.8 Å². The third kappa shape index (κ3) is 3.38. The summed E-state index contributed by atoms with van der Waals surface area (Å²) in [5.74, 6) is -0.131. The number of hydrogen-bond donors (Lipinski definition) is 2. The maximum absolute atomic E-state index is 12.4. The second-order valence-corrected chi connectivity index (χ2v) is 6.46. The Labute approximate surface area is 133 Å². The third-order valence-corrected chi connectivity index (χ3v) is 4.87. The summed E-state index contributed by atoms with van der Waals surface area (Å²) in [6.07, 6.45) is 1.12. The lowest BCUT2D eigenvalue weighted by Crippen LogP contribution is -2.46. The molecular weight excluding hydrogens is 298 g/mol. The molecule has 5 heteroatoms. The fourth-order valence-electron chi connectivity index (χ4n) is 2.58. The molecule has 1 aliphatic heterocycles. The van der Waals surface area contributed by atoms with Crippen LogP contribution in [0.5, 0.6) is 0 Å². The zero-order valence-corrected chi connectivity index (χ0v) is 13.1. The van der Waals surface area contributed by atoms with Gasteiger partial charge in [0.15, 0.2) is 0 Å². The lowest BCUT2D eigenvalue weighted by molar-refractivity contribution is -0.0605. The van der Waals surface area contributed by atoms with Crippen molar-refractivity contribution in [2.75, 3.05) is 19.8 Å². The number of aliphatic hydroxyl groups is 1. The molecule has 0 bridgehead atoms. The second-order valence-electron chi connectivity index (χ2n) is 5.55. The normalized spacial score (nSPS) is 17.1. The maximum Gasteiger partial charge on any atom is 0.262 e. The van der Waals surface area contributed by atoms with Crippen LogP contribution in [0.2, 0.25) is 0 Å². The number of hydrogen-bond acceptors (Lipinski definition) is 4. The Bertz CT molecular complexity index is 632. The highest BCUT2D eigenvalue weighted by molar-refractivity contribution is 7.12. The molecule has 2 heterocycles. The van der Waals surface area contributed by atoms with Crippen LogP contribution in [0.15, 0.2) is 41.8 Å². The Morgan fingerprint density at radius 1 is 1.23 bits per heavy atom. The van der Waals surface area contributed by atoms with Crippen molar-refractivity contribution in [1.82, 2.24) is 5.32 Å². The number of amides is 1. The number of benzene rings is 1. The molecule has 1 amide bonds. The minimum absolute atomic E-state index is 0.131. The van der Waals surface area contributed by atoms with Crippen molar-refractivity contribution in [2.24, 2.45) is 0 Å². The molecule has 0 aliphatic carbocycles. The van der Waals surface area contributed by atoms with E-state index in [4.69, 9.17) is 4.74 Å². The molecule has 22 heavy (non-hydrogen) atoms. The van der Waals surface area contributed by atoms with E-state index >= 15 is 0 Å². The van der Waals surface area contributed by atoms with Crippen molar-refractivity contribution < 1.29 is 14.6 Å². The molecule has 3 rings (SSSR count). The molecule has 1 aromatic heterocycles. The van der Waals surface area contributed by atoms with E-state index in [2.05, 4.69) is 5.32 Å². The van der Waals surface area contributed by atoms with E-state index in [-0.39, 0.29) is 12.5 Å². The van der Waals surface area contributed by atoms with Crippen LogP contribution >= 0.6 is 11.3 Å². The Balaban J connectivity index is 1.70. The molecule has 4 nitrogen and oxygen atoms in total. The van der Waals surface area contributed by atoms with E-state index in [0.29, 0.717) is 30.9 Å². The largest absolute Gasteiger partial charge is 0.388 e. The van der Waals surface area contributed by atoms with Crippen LogP contribution in [0.4, 0.5) is 0 Å². The predicted octanol–water partition coefficient (Wildman–Crippen LogP) is 2.69. The van der Waals surface area contributed by atoms with E-state index in [9.17, 15) is 9.90 Å². The van der Waals surface area contributed by atoms with Crippen molar-refractivity contribution in [3.05, 3.63) is 46.7 Å². The Morgan fingerprint density at radius 2 is 1.95 bits per heavy atom. The fraction of sp³-hybridized carbons (Fsp3) is 0.353. The van der Waals surface area contributed by atoms with Crippen LogP contribution in [0.1, 0.15) is 22.5 Å². The Hall–Kier alpha value is -1.69. The van der Waals surface area contributed by atoms with E-state index < -0.39 is 5.60 Å². The van der Waals surface area contributed by atoms with Crippen molar-refractivity contribution in [2.45, 2.75) is 18.4 Å². The van der Waals surface area contributed by atoms with Crippen molar-refractivity contribution in [1.29, 1.82) is 0 Å². The first-order valence-corrected chi connectivity index (χ1v) is 8.27. The zero-order valence-electron chi connectivity index (χ0n) is 12.2. The number of carbonyl (C=O) groups excluding carboxylic acids is 1. The van der Waals surface area contributed by atoms with Gasteiger partial charge in [0.1, 0.15) is 0 Å². The van der Waals surface area contributed by atoms with Crippen molar-refractivity contribution >= 4 is 17.2 Å². The predicted molar refractivity (Wildman–Crippen MR) is 87.1 cm³/mol. The molecule has 0 unspecified atom stereocenters. The lowest BCUT2D eigenvalue weighted by Gasteiger charge is -2.32. The van der Waals surface area contributed by atoms with Gasteiger partial charge in [0.25, 0.3) is 5.91 Å². The first-order valence-electron chi connectivity index (χ1n) is 7.39. The van der Waals surface area contributed by atoms with Gasteiger partial charge in [0.2, 0.25) is 0 Å². The minimum atomic E-state index is -0.849. The Morgan fingerprint density at radius 3 is 2.68 bits per heavy atom. The van der Waals surface area contributed by atoms with E-state index in [1.54, 1.807) is 0 Å². The fourth-order valence-corrected chi connectivity index (χ4v) is 3.42. The van der Waals surface area contributed by atoms with Gasteiger partial charge in [0, 0.05) is 38.2 Å². The van der Waals surface area contributed by atoms with Gasteiger partial charge in [-0.25, -0.2) is 0 Å². The van der Waals surface area contributed by atoms with Crippen molar-refractivity contribution in [3.8, 4) is 11.1 Å². The molecule has 0 radical (unpaired) electrons. The summed E-state index contributed by atoms with van der Waals surface area (Å²) in [5, 5.41) is 15.2. The summed E-state index contributed by atoms with van der Waals surface area (Å²) in [6, 6.07) is 11.8. The number of thiophene rings is 1. The van der Waals surface area contributed by atoms with Crippen LogP contribution < -0.4 is 5.32 Å². The van der Waals surface area contributed by atoms with Gasteiger partial charge < -0.3 is 15.2 Å². The molecule has 1 aliphatic rings. The molecule has 0 spiro atoms. The van der Waals surface area contributed by atoms with Gasteiger partial charge in [-0.05, 0) is 17.0 Å². The number of nitrogens with one attached hydrogen (secondary N) is 1. The quantitative estimate of drug-likeness (QED) is 0.911. The molecule has 1 fully saturated rings. The highest BCUT2D eigenvalue weighted by Gasteiger charge is 2.30. The van der Waals surface area contributed by atoms with Crippen LogP contribution in [0.25, 0.3) is 11.1 Å². The van der Waals surface area contributed by atoms with Crippen molar-refractivity contribution in [3.63, 3.8) is 0 Å². The van der Waals surface area contributed by atoms with Crippen LogP contribution in [-0.4, -0.2) is 36.4 Å². The second kappa shape index (κ2) is 6.60. The van der Waals surface area contributed by atoms with Crippen LogP contribution in [0.3, 0.4) is 0 Å². The maximum atomic E-state index is 12.4. The molecule has 1 saturated heterocycles. The monoisotopic (exact) mass is 317 g/mol. The molecule has 2 N–H and O–H groups in total. The Kier molecular flexibility index (Phi) is 4.57. The SMILES string of the molecule is O=C(NCC1(O)CCOCC1)c1sccc1-c1ccccc1. The summed E-state index contributed by atoms with van der Waals surface area (Å²) in [6.45, 7) is 1.35. The van der Waals surface area contributed by atoms with Gasteiger partial charge in [-0.1, -0.05) is 30.3 Å². The van der Waals surface area contributed by atoms with Gasteiger partial charge in [-0.3, -0.25) is 4.79 Å². The number of carbonyl (C=O) groups is 1. The standard InChI is InChI=1S/C17H19NO3S/c19-16(18-12-17(20)7-9-21-10-8-17)15-14(6-11-22-15)13-4-2-1-3-5-13/h1-6,11,20H,7-10,12H2,(H,18,19). The summed E-state index contributed by atoms with van der Waals surface area (Å²) in [7, 11) is 0. The number of ether oxygens (including phenoxy) is 1. The topological polar surface area (TPSA) is 58.6 Å². The van der Waals surface area contributed by atoms with Crippen LogP contribution in [0, 0.1) is 0 Å². The molecule has 0 saturated carbocycles.